The summed E-state index contributed by atoms with van der Waals surface area (Å²) in [6.07, 6.45) is 0. The summed E-state index contributed by atoms with van der Waals surface area (Å²) in [6, 6.07) is 23.0. The van der Waals surface area contributed by atoms with Gasteiger partial charge in [0.1, 0.15) is 11.6 Å². The van der Waals surface area contributed by atoms with Gasteiger partial charge in [-0.05, 0) is 61.4 Å². The number of hydrogen-bond acceptors (Lipinski definition) is 3. The molecule has 3 aromatic carbocycles. The average Bonchev–Trinajstić information content (AvgIpc) is 3.13. The number of rotatable bonds is 7. The normalized spacial score (nSPS) is 12.0. The monoisotopic (exact) mass is 433 g/mol. The highest BCUT2D eigenvalue weighted by molar-refractivity contribution is 6.30. The van der Waals surface area contributed by atoms with E-state index in [1.54, 1.807) is 24.3 Å². The highest BCUT2D eigenvalue weighted by Gasteiger charge is 2.19. The van der Waals surface area contributed by atoms with Gasteiger partial charge in [-0.3, -0.25) is 4.79 Å². The first-order valence-corrected chi connectivity index (χ1v) is 10.6. The summed E-state index contributed by atoms with van der Waals surface area (Å²) in [7, 11) is 0. The van der Waals surface area contributed by atoms with Crippen LogP contribution in [0.15, 0.2) is 72.8 Å². The van der Waals surface area contributed by atoms with Crippen LogP contribution in [0.5, 0.6) is 5.75 Å². The number of aromatic nitrogens is 2. The zero-order chi connectivity index (χ0) is 21.8. The van der Waals surface area contributed by atoms with Crippen molar-refractivity contribution in [1.82, 2.24) is 14.9 Å². The standard InChI is InChI=1S/C25H24ClN3O2/c1-17-7-3-4-8-19(17)15-29-23-10-6-5-9-22(23)28-25(29)18(2)27-24(30)16-31-21-13-11-20(26)12-14-21/h3-14,18H,15-16H2,1-2H3,(H,27,30). The second kappa shape index (κ2) is 9.23. The summed E-state index contributed by atoms with van der Waals surface area (Å²) < 4.78 is 7.73. The Kier molecular flexibility index (Phi) is 6.23. The summed E-state index contributed by atoms with van der Waals surface area (Å²) in [5, 5.41) is 3.63. The Morgan fingerprint density at radius 3 is 2.55 bits per heavy atom. The summed E-state index contributed by atoms with van der Waals surface area (Å²) in [5.74, 6) is 1.19. The van der Waals surface area contributed by atoms with E-state index in [1.807, 2.05) is 37.3 Å². The second-order valence-electron chi connectivity index (χ2n) is 7.50. The molecule has 0 spiro atoms. The van der Waals surface area contributed by atoms with Crippen molar-refractivity contribution in [2.24, 2.45) is 0 Å². The molecule has 1 atom stereocenters. The third-order valence-electron chi connectivity index (χ3n) is 5.22. The van der Waals surface area contributed by atoms with Crippen molar-refractivity contribution in [3.8, 4) is 5.75 Å². The third-order valence-corrected chi connectivity index (χ3v) is 5.47. The quantitative estimate of drug-likeness (QED) is 0.430. The van der Waals surface area contributed by atoms with Crippen LogP contribution in [-0.4, -0.2) is 22.1 Å². The number of fused-ring (bicyclic) bond motifs is 1. The lowest BCUT2D eigenvalue weighted by Gasteiger charge is -2.17. The van der Waals surface area contributed by atoms with E-state index in [4.69, 9.17) is 21.3 Å². The van der Waals surface area contributed by atoms with Crippen LogP contribution in [0.4, 0.5) is 0 Å². The summed E-state index contributed by atoms with van der Waals surface area (Å²) in [5.41, 5.74) is 4.39. The Hall–Kier alpha value is -3.31. The number of imidazole rings is 1. The van der Waals surface area contributed by atoms with E-state index in [1.165, 1.54) is 11.1 Å². The van der Waals surface area contributed by atoms with Gasteiger partial charge in [0.15, 0.2) is 6.61 Å². The lowest BCUT2D eigenvalue weighted by molar-refractivity contribution is -0.123. The molecule has 1 heterocycles. The summed E-state index contributed by atoms with van der Waals surface area (Å²) in [4.78, 5) is 17.3. The smallest absolute Gasteiger partial charge is 0.258 e. The van der Waals surface area contributed by atoms with Gasteiger partial charge in [0.05, 0.1) is 17.1 Å². The summed E-state index contributed by atoms with van der Waals surface area (Å²) in [6.45, 7) is 4.65. The number of amides is 1. The van der Waals surface area contributed by atoms with Crippen LogP contribution in [-0.2, 0) is 11.3 Å². The Bertz CT molecular complexity index is 1200. The van der Waals surface area contributed by atoms with Crippen LogP contribution < -0.4 is 10.1 Å². The van der Waals surface area contributed by atoms with Gasteiger partial charge < -0.3 is 14.6 Å². The van der Waals surface area contributed by atoms with E-state index in [-0.39, 0.29) is 18.6 Å². The number of ether oxygens (including phenoxy) is 1. The first-order valence-electron chi connectivity index (χ1n) is 10.2. The maximum Gasteiger partial charge on any atom is 0.258 e. The van der Waals surface area contributed by atoms with Crippen molar-refractivity contribution in [1.29, 1.82) is 0 Å². The van der Waals surface area contributed by atoms with Gasteiger partial charge in [-0.1, -0.05) is 48.0 Å². The number of halogens is 1. The second-order valence-corrected chi connectivity index (χ2v) is 7.94. The number of hydrogen-bond donors (Lipinski definition) is 1. The highest BCUT2D eigenvalue weighted by atomic mass is 35.5. The number of benzene rings is 3. The molecule has 4 rings (SSSR count). The van der Waals surface area contributed by atoms with E-state index in [2.05, 4.69) is 35.0 Å². The molecular weight excluding hydrogens is 410 g/mol. The zero-order valence-corrected chi connectivity index (χ0v) is 18.3. The molecule has 6 heteroatoms. The summed E-state index contributed by atoms with van der Waals surface area (Å²) >= 11 is 5.88. The number of carbonyl (C=O) groups excluding carboxylic acids is 1. The average molecular weight is 434 g/mol. The predicted molar refractivity (Wildman–Crippen MR) is 124 cm³/mol. The van der Waals surface area contributed by atoms with Crippen molar-refractivity contribution < 1.29 is 9.53 Å². The number of para-hydroxylation sites is 2. The fourth-order valence-electron chi connectivity index (χ4n) is 3.58. The van der Waals surface area contributed by atoms with E-state index in [0.717, 1.165) is 16.9 Å². The number of nitrogens with zero attached hydrogens (tertiary/aromatic N) is 2. The molecule has 0 aliphatic heterocycles. The molecule has 158 valence electrons. The molecule has 1 aromatic heterocycles. The zero-order valence-electron chi connectivity index (χ0n) is 17.5. The minimum absolute atomic E-state index is 0.0794. The maximum absolute atomic E-state index is 12.5. The highest BCUT2D eigenvalue weighted by Crippen LogP contribution is 2.23. The lowest BCUT2D eigenvalue weighted by atomic mass is 10.1. The maximum atomic E-state index is 12.5. The first kappa shape index (κ1) is 20.9. The SMILES string of the molecule is Cc1ccccc1Cn1c(C(C)NC(=O)COc2ccc(Cl)cc2)nc2ccccc21. The number of aryl methyl sites for hydroxylation is 1. The van der Waals surface area contributed by atoms with Crippen molar-refractivity contribution in [3.63, 3.8) is 0 Å². The molecule has 0 aliphatic rings. The first-order chi connectivity index (χ1) is 15.0. The van der Waals surface area contributed by atoms with Gasteiger partial charge in [-0.2, -0.15) is 0 Å². The van der Waals surface area contributed by atoms with Crippen LogP contribution in [0, 0.1) is 6.92 Å². The molecule has 1 N–H and O–H groups in total. The molecule has 0 saturated heterocycles. The molecule has 1 unspecified atom stereocenters. The van der Waals surface area contributed by atoms with Gasteiger partial charge in [0.25, 0.3) is 5.91 Å². The van der Waals surface area contributed by atoms with Crippen LogP contribution >= 0.6 is 11.6 Å². The van der Waals surface area contributed by atoms with E-state index >= 15 is 0 Å². The fourth-order valence-corrected chi connectivity index (χ4v) is 3.70. The molecular formula is C25H24ClN3O2. The van der Waals surface area contributed by atoms with Crippen molar-refractivity contribution >= 4 is 28.5 Å². The Labute approximate surface area is 186 Å². The lowest BCUT2D eigenvalue weighted by Crippen LogP contribution is -2.32. The van der Waals surface area contributed by atoms with Crippen LogP contribution in [0.25, 0.3) is 11.0 Å². The number of nitrogens with one attached hydrogen (secondary N) is 1. The Morgan fingerprint density at radius 1 is 1.06 bits per heavy atom. The molecule has 5 nitrogen and oxygen atoms in total. The molecule has 0 aliphatic carbocycles. The van der Waals surface area contributed by atoms with Gasteiger partial charge in [0.2, 0.25) is 0 Å². The van der Waals surface area contributed by atoms with Crippen molar-refractivity contribution in [2.75, 3.05) is 6.61 Å². The largest absolute Gasteiger partial charge is 0.484 e. The van der Waals surface area contributed by atoms with Gasteiger partial charge in [-0.15, -0.1) is 0 Å². The Balaban J connectivity index is 1.53. The van der Waals surface area contributed by atoms with Crippen LogP contribution in [0.2, 0.25) is 5.02 Å². The molecule has 0 saturated carbocycles. The third kappa shape index (κ3) is 4.89. The minimum Gasteiger partial charge on any atom is -0.484 e. The molecule has 0 bridgehead atoms. The fraction of sp³-hybridized carbons (Fsp3) is 0.200. The molecule has 1 amide bonds. The van der Waals surface area contributed by atoms with Crippen LogP contribution in [0.1, 0.15) is 29.9 Å². The Morgan fingerprint density at radius 2 is 1.77 bits per heavy atom. The van der Waals surface area contributed by atoms with Gasteiger partial charge >= 0.3 is 0 Å². The van der Waals surface area contributed by atoms with Gasteiger partial charge in [-0.25, -0.2) is 4.98 Å². The molecule has 0 radical (unpaired) electrons. The van der Waals surface area contributed by atoms with E-state index in [9.17, 15) is 4.79 Å². The van der Waals surface area contributed by atoms with E-state index < -0.39 is 0 Å². The molecule has 4 aromatic rings. The van der Waals surface area contributed by atoms with Crippen molar-refractivity contribution in [3.05, 3.63) is 94.8 Å². The van der Waals surface area contributed by atoms with Crippen molar-refractivity contribution in [2.45, 2.75) is 26.4 Å². The number of carbonyl (C=O) groups is 1. The van der Waals surface area contributed by atoms with E-state index in [0.29, 0.717) is 17.3 Å². The van der Waals surface area contributed by atoms with Gasteiger partial charge in [0, 0.05) is 11.6 Å². The predicted octanol–water partition coefficient (Wildman–Crippen LogP) is 5.30. The minimum atomic E-state index is -0.280. The molecule has 0 fully saturated rings. The van der Waals surface area contributed by atoms with Crippen LogP contribution in [0.3, 0.4) is 0 Å². The topological polar surface area (TPSA) is 56.2 Å². The molecule has 31 heavy (non-hydrogen) atoms.